The van der Waals surface area contributed by atoms with Crippen LogP contribution in [0, 0.1) is 0 Å². The maximum atomic E-state index is 3.17. The van der Waals surface area contributed by atoms with Gasteiger partial charge in [-0.3, -0.25) is 0 Å². The van der Waals surface area contributed by atoms with Gasteiger partial charge in [-0.25, -0.2) is 0 Å². The van der Waals surface area contributed by atoms with E-state index in [4.69, 9.17) is 0 Å². The third-order valence-corrected chi connectivity index (χ3v) is 2.06. The zero-order valence-electron chi connectivity index (χ0n) is 13.0. The lowest BCUT2D eigenvalue weighted by Crippen LogP contribution is -1.88. The van der Waals surface area contributed by atoms with Gasteiger partial charge in [-0.05, 0) is 11.5 Å². The molecule has 102 valence electrons. The normalized spacial score (nSPS) is 7.72. The molecule has 0 atom stereocenters. The van der Waals surface area contributed by atoms with Gasteiger partial charge in [0.25, 0.3) is 0 Å². The van der Waals surface area contributed by atoms with Crippen LogP contribution in [0.5, 0.6) is 0 Å². The van der Waals surface area contributed by atoms with Crippen molar-refractivity contribution in [2.24, 2.45) is 0 Å². The predicted molar refractivity (Wildman–Crippen MR) is 87.5 cm³/mol. The largest absolute Gasteiger partial charge is 0.388 e. The molecule has 1 heteroatoms. The van der Waals surface area contributed by atoms with Gasteiger partial charge >= 0.3 is 0 Å². The second-order valence-corrected chi connectivity index (χ2v) is 2.78. The van der Waals surface area contributed by atoms with Crippen LogP contribution < -0.4 is 5.32 Å². The van der Waals surface area contributed by atoms with E-state index in [1.807, 2.05) is 48.6 Å². The van der Waals surface area contributed by atoms with Gasteiger partial charge in [0, 0.05) is 18.1 Å². The standard InChI is InChI=1S/C11H11N.3C2H6/c1-12-11-8-4-6-9-5-2-3-7-10(9)11;3*1-2/h2-8,12H,1H3;3*1-2H3. The second-order valence-electron chi connectivity index (χ2n) is 2.78. The predicted octanol–water partition coefficient (Wildman–Crippen LogP) is 5.96. The van der Waals surface area contributed by atoms with E-state index in [1.165, 1.54) is 16.5 Å². The molecule has 0 saturated heterocycles. The number of rotatable bonds is 1. The van der Waals surface area contributed by atoms with Gasteiger partial charge in [0.1, 0.15) is 0 Å². The Labute approximate surface area is 113 Å². The summed E-state index contributed by atoms with van der Waals surface area (Å²) in [5, 5.41) is 5.73. The van der Waals surface area contributed by atoms with Crippen molar-refractivity contribution in [2.75, 3.05) is 12.4 Å². The minimum Gasteiger partial charge on any atom is -0.388 e. The number of fused-ring (bicyclic) bond motifs is 1. The highest BCUT2D eigenvalue weighted by atomic mass is 14.8. The highest BCUT2D eigenvalue weighted by Crippen LogP contribution is 2.21. The first-order chi connectivity index (χ1) is 8.92. The quantitative estimate of drug-likeness (QED) is 0.655. The Morgan fingerprint density at radius 1 is 0.667 bits per heavy atom. The maximum absolute atomic E-state index is 3.17. The molecule has 2 aromatic rings. The minimum atomic E-state index is 1.19. The summed E-state index contributed by atoms with van der Waals surface area (Å²) in [6, 6.07) is 14.6. The summed E-state index contributed by atoms with van der Waals surface area (Å²) in [7, 11) is 1.95. The molecule has 0 bridgehead atoms. The molecule has 1 N–H and O–H groups in total. The first-order valence-electron chi connectivity index (χ1n) is 7.07. The van der Waals surface area contributed by atoms with Crippen LogP contribution in [0.2, 0.25) is 0 Å². The van der Waals surface area contributed by atoms with Crippen LogP contribution in [0.1, 0.15) is 41.5 Å². The Bertz CT molecular complexity index is 388. The monoisotopic (exact) mass is 247 g/mol. The fourth-order valence-corrected chi connectivity index (χ4v) is 1.44. The Morgan fingerprint density at radius 2 is 1.17 bits per heavy atom. The van der Waals surface area contributed by atoms with Crippen molar-refractivity contribution in [1.82, 2.24) is 0 Å². The first-order valence-corrected chi connectivity index (χ1v) is 7.07. The van der Waals surface area contributed by atoms with E-state index in [1.54, 1.807) is 0 Å². The molecule has 0 amide bonds. The molecule has 0 spiro atoms. The van der Waals surface area contributed by atoms with Crippen molar-refractivity contribution in [3.63, 3.8) is 0 Å². The summed E-state index contributed by atoms with van der Waals surface area (Å²) < 4.78 is 0. The van der Waals surface area contributed by atoms with Gasteiger partial charge in [-0.1, -0.05) is 77.9 Å². The average molecular weight is 247 g/mol. The average Bonchev–Trinajstić information content (AvgIpc) is 2.52. The lowest BCUT2D eigenvalue weighted by Gasteiger charge is -2.04. The van der Waals surface area contributed by atoms with Crippen molar-refractivity contribution >= 4 is 16.5 Å². The molecule has 2 aromatic carbocycles. The highest BCUT2D eigenvalue weighted by Gasteiger charge is 1.95. The summed E-state index contributed by atoms with van der Waals surface area (Å²) >= 11 is 0. The third-order valence-electron chi connectivity index (χ3n) is 2.06. The molecular formula is C17H29N. The van der Waals surface area contributed by atoms with Crippen LogP contribution in [-0.2, 0) is 0 Å². The smallest absolute Gasteiger partial charge is 0.0417 e. The summed E-state index contributed by atoms with van der Waals surface area (Å²) in [6.07, 6.45) is 0. The molecule has 0 unspecified atom stereocenters. The molecule has 0 aliphatic heterocycles. The number of anilines is 1. The molecule has 0 aliphatic carbocycles. The SMILES string of the molecule is CC.CC.CC.CNc1cccc2ccccc12. The zero-order chi connectivity index (χ0) is 14.4. The van der Waals surface area contributed by atoms with Crippen LogP contribution in [0.25, 0.3) is 10.8 Å². The number of hydrogen-bond acceptors (Lipinski definition) is 1. The van der Waals surface area contributed by atoms with Crippen molar-refractivity contribution in [1.29, 1.82) is 0 Å². The Morgan fingerprint density at radius 3 is 1.72 bits per heavy atom. The molecular weight excluding hydrogens is 218 g/mol. The van der Waals surface area contributed by atoms with Gasteiger partial charge in [-0.2, -0.15) is 0 Å². The highest BCUT2D eigenvalue weighted by molar-refractivity contribution is 5.93. The summed E-state index contributed by atoms with van der Waals surface area (Å²) in [6.45, 7) is 12.0. The second kappa shape index (κ2) is 13.6. The van der Waals surface area contributed by atoms with E-state index in [9.17, 15) is 0 Å². The Hall–Kier alpha value is -1.50. The lowest BCUT2D eigenvalue weighted by molar-refractivity contribution is 1.50. The first kappa shape index (κ1) is 18.9. The van der Waals surface area contributed by atoms with E-state index in [-0.39, 0.29) is 0 Å². The van der Waals surface area contributed by atoms with Gasteiger partial charge in [0.15, 0.2) is 0 Å². The maximum Gasteiger partial charge on any atom is 0.0417 e. The molecule has 0 saturated carbocycles. The van der Waals surface area contributed by atoms with Crippen molar-refractivity contribution in [3.8, 4) is 0 Å². The molecule has 0 aromatic heterocycles. The van der Waals surface area contributed by atoms with Crippen LogP contribution in [0.3, 0.4) is 0 Å². The molecule has 2 rings (SSSR count). The van der Waals surface area contributed by atoms with Crippen LogP contribution in [0.15, 0.2) is 42.5 Å². The number of hydrogen-bond donors (Lipinski definition) is 1. The van der Waals surface area contributed by atoms with E-state index in [0.717, 1.165) is 0 Å². The Balaban J connectivity index is 0. The van der Waals surface area contributed by atoms with Crippen molar-refractivity contribution < 1.29 is 0 Å². The number of benzene rings is 2. The summed E-state index contributed by atoms with van der Waals surface area (Å²) in [5.74, 6) is 0. The summed E-state index contributed by atoms with van der Waals surface area (Å²) in [5.41, 5.74) is 1.19. The van der Waals surface area contributed by atoms with Crippen molar-refractivity contribution in [2.45, 2.75) is 41.5 Å². The van der Waals surface area contributed by atoms with Crippen molar-refractivity contribution in [3.05, 3.63) is 42.5 Å². The lowest BCUT2D eigenvalue weighted by atomic mass is 10.1. The van der Waals surface area contributed by atoms with E-state index in [2.05, 4.69) is 47.8 Å². The fourth-order valence-electron chi connectivity index (χ4n) is 1.44. The third kappa shape index (κ3) is 5.72. The van der Waals surface area contributed by atoms with Crippen LogP contribution >= 0.6 is 0 Å². The van der Waals surface area contributed by atoms with Crippen LogP contribution in [-0.4, -0.2) is 7.05 Å². The molecule has 1 nitrogen and oxygen atoms in total. The zero-order valence-corrected chi connectivity index (χ0v) is 13.0. The van der Waals surface area contributed by atoms with E-state index in [0.29, 0.717) is 0 Å². The van der Waals surface area contributed by atoms with E-state index < -0.39 is 0 Å². The molecule has 0 heterocycles. The number of nitrogens with one attached hydrogen (secondary N) is 1. The van der Waals surface area contributed by atoms with Gasteiger partial charge in [-0.15, -0.1) is 0 Å². The Kier molecular flexibility index (Phi) is 14.2. The topological polar surface area (TPSA) is 12.0 Å². The molecule has 0 radical (unpaired) electrons. The summed E-state index contributed by atoms with van der Waals surface area (Å²) in [4.78, 5) is 0. The van der Waals surface area contributed by atoms with Gasteiger partial charge in [0.05, 0.1) is 0 Å². The van der Waals surface area contributed by atoms with E-state index >= 15 is 0 Å². The van der Waals surface area contributed by atoms with Gasteiger partial charge in [0.2, 0.25) is 0 Å². The van der Waals surface area contributed by atoms with Crippen LogP contribution in [0.4, 0.5) is 5.69 Å². The molecule has 0 aliphatic rings. The van der Waals surface area contributed by atoms with Gasteiger partial charge < -0.3 is 5.32 Å². The molecule has 18 heavy (non-hydrogen) atoms. The molecule has 0 fully saturated rings. The fraction of sp³-hybridized carbons (Fsp3) is 0.412. The minimum absolute atomic E-state index is 1.19.